The molecular weight excluding hydrogens is 388 g/mol. The molecule has 4 rings (SSSR count). The molecule has 2 aromatic rings. The van der Waals surface area contributed by atoms with Crippen molar-refractivity contribution in [3.8, 4) is 11.8 Å². The highest BCUT2D eigenvalue weighted by atomic mass is 16.5. The number of nitrogens with zero attached hydrogens (tertiary/aromatic N) is 3. The van der Waals surface area contributed by atoms with Gasteiger partial charge in [0.2, 0.25) is 0 Å². The smallest absolute Gasteiger partial charge is 0.251 e. The van der Waals surface area contributed by atoms with Crippen molar-refractivity contribution in [3.05, 3.63) is 71.8 Å². The topological polar surface area (TPSA) is 59.4 Å². The second-order valence-electron chi connectivity index (χ2n) is 7.63. The zero-order valence-corrected chi connectivity index (χ0v) is 17.7. The standard InChI is InChI=1S/C25H28N4O2/c30-25(27-11-4-13-28-14-12-26-20-28)23-9-10-24(29-15-17-31-18-16-29)22(19-23)8-7-21-5-2-1-3-6-21/h2,5-6,9-10,12,14,19-20H,1,3-4,11,13,15-18H2,(H,27,30). The number of anilines is 1. The molecule has 1 amide bonds. The van der Waals surface area contributed by atoms with Crippen LogP contribution >= 0.6 is 0 Å². The first-order chi connectivity index (χ1) is 15.3. The molecule has 0 atom stereocenters. The van der Waals surface area contributed by atoms with Crippen molar-refractivity contribution < 1.29 is 9.53 Å². The maximum Gasteiger partial charge on any atom is 0.251 e. The number of hydrogen-bond donors (Lipinski definition) is 1. The van der Waals surface area contributed by atoms with E-state index >= 15 is 0 Å². The Hall–Kier alpha value is -3.30. The monoisotopic (exact) mass is 416 g/mol. The lowest BCUT2D eigenvalue weighted by atomic mass is 10.0. The van der Waals surface area contributed by atoms with Gasteiger partial charge in [0.05, 0.1) is 25.2 Å². The van der Waals surface area contributed by atoms with Gasteiger partial charge >= 0.3 is 0 Å². The fraction of sp³-hybridized carbons (Fsp3) is 0.360. The van der Waals surface area contributed by atoms with Crippen LogP contribution in [0.2, 0.25) is 0 Å². The number of allylic oxidation sites excluding steroid dienone is 4. The summed E-state index contributed by atoms with van der Waals surface area (Å²) in [6.07, 6.45) is 14.8. The number of ether oxygens (including phenoxy) is 1. The van der Waals surface area contributed by atoms with E-state index in [-0.39, 0.29) is 5.91 Å². The van der Waals surface area contributed by atoms with Crippen molar-refractivity contribution in [2.45, 2.75) is 25.8 Å². The zero-order chi connectivity index (χ0) is 21.3. The summed E-state index contributed by atoms with van der Waals surface area (Å²) in [6.45, 7) is 4.52. The average molecular weight is 417 g/mol. The Morgan fingerprint density at radius 1 is 1.19 bits per heavy atom. The number of benzene rings is 1. The normalized spacial score (nSPS) is 15.7. The molecule has 31 heavy (non-hydrogen) atoms. The molecule has 2 aliphatic rings. The van der Waals surface area contributed by atoms with Gasteiger partial charge in [0.1, 0.15) is 0 Å². The van der Waals surface area contributed by atoms with Gasteiger partial charge in [0.15, 0.2) is 0 Å². The summed E-state index contributed by atoms with van der Waals surface area (Å²) in [5.74, 6) is 6.53. The van der Waals surface area contributed by atoms with Gasteiger partial charge in [-0.1, -0.05) is 30.1 Å². The molecule has 1 fully saturated rings. The Kier molecular flexibility index (Phi) is 7.20. The van der Waals surface area contributed by atoms with Crippen molar-refractivity contribution in [1.29, 1.82) is 0 Å². The van der Waals surface area contributed by atoms with Gasteiger partial charge in [-0.25, -0.2) is 4.98 Å². The van der Waals surface area contributed by atoms with E-state index in [1.54, 1.807) is 12.5 Å². The fourth-order valence-corrected chi connectivity index (χ4v) is 3.69. The van der Waals surface area contributed by atoms with Crippen LogP contribution in [0.1, 0.15) is 35.2 Å². The molecule has 0 saturated carbocycles. The largest absolute Gasteiger partial charge is 0.378 e. The van der Waals surface area contributed by atoms with E-state index < -0.39 is 0 Å². The summed E-state index contributed by atoms with van der Waals surface area (Å²) in [5, 5.41) is 3.02. The highest BCUT2D eigenvalue weighted by Gasteiger charge is 2.16. The molecule has 0 radical (unpaired) electrons. The van der Waals surface area contributed by atoms with Crippen LogP contribution in [0, 0.1) is 11.8 Å². The second-order valence-corrected chi connectivity index (χ2v) is 7.63. The van der Waals surface area contributed by atoms with Crippen LogP contribution in [0.3, 0.4) is 0 Å². The Morgan fingerprint density at radius 2 is 2.10 bits per heavy atom. The molecule has 0 unspecified atom stereocenters. The van der Waals surface area contributed by atoms with Crippen LogP contribution < -0.4 is 10.2 Å². The third kappa shape index (κ3) is 5.87. The number of hydrogen-bond acceptors (Lipinski definition) is 4. The first-order valence-electron chi connectivity index (χ1n) is 10.9. The van der Waals surface area contributed by atoms with Crippen molar-refractivity contribution >= 4 is 11.6 Å². The maximum atomic E-state index is 12.7. The Labute approximate surface area is 183 Å². The van der Waals surface area contributed by atoms with Crippen molar-refractivity contribution in [3.63, 3.8) is 0 Å². The first-order valence-corrected chi connectivity index (χ1v) is 10.9. The lowest BCUT2D eigenvalue weighted by Gasteiger charge is -2.30. The van der Waals surface area contributed by atoms with Gasteiger partial charge < -0.3 is 19.5 Å². The molecule has 1 aromatic carbocycles. The number of aryl methyl sites for hydroxylation is 1. The Balaban J connectivity index is 1.47. The third-order valence-electron chi connectivity index (χ3n) is 5.38. The summed E-state index contributed by atoms with van der Waals surface area (Å²) >= 11 is 0. The van der Waals surface area contributed by atoms with E-state index in [2.05, 4.69) is 45.3 Å². The van der Waals surface area contributed by atoms with Crippen LogP contribution in [-0.4, -0.2) is 48.3 Å². The fourth-order valence-electron chi connectivity index (χ4n) is 3.69. The van der Waals surface area contributed by atoms with Crippen LogP contribution in [0.5, 0.6) is 0 Å². The number of morpholine rings is 1. The van der Waals surface area contributed by atoms with E-state index in [1.165, 1.54) is 0 Å². The lowest BCUT2D eigenvalue weighted by molar-refractivity contribution is 0.0952. The van der Waals surface area contributed by atoms with Gasteiger partial charge in [0, 0.05) is 55.3 Å². The summed E-state index contributed by atoms with van der Waals surface area (Å²) < 4.78 is 7.50. The summed E-state index contributed by atoms with van der Waals surface area (Å²) in [7, 11) is 0. The molecule has 1 aromatic heterocycles. The van der Waals surface area contributed by atoms with Gasteiger partial charge in [-0.2, -0.15) is 0 Å². The minimum Gasteiger partial charge on any atom is -0.378 e. The highest BCUT2D eigenvalue weighted by molar-refractivity contribution is 5.95. The number of carbonyl (C=O) groups excluding carboxylic acids is 1. The van der Waals surface area contributed by atoms with E-state index in [0.29, 0.717) is 25.3 Å². The van der Waals surface area contributed by atoms with Gasteiger partial charge in [-0.15, -0.1) is 0 Å². The molecule has 1 aliphatic carbocycles. The number of rotatable bonds is 6. The molecular formula is C25H28N4O2. The molecule has 1 saturated heterocycles. The molecule has 6 heteroatoms. The molecule has 1 aliphatic heterocycles. The number of aromatic nitrogens is 2. The van der Waals surface area contributed by atoms with Crippen LogP contribution in [-0.2, 0) is 11.3 Å². The number of amides is 1. The van der Waals surface area contributed by atoms with Crippen LogP contribution in [0.4, 0.5) is 5.69 Å². The molecule has 0 spiro atoms. The molecule has 2 heterocycles. The van der Waals surface area contributed by atoms with Crippen LogP contribution in [0.25, 0.3) is 0 Å². The lowest BCUT2D eigenvalue weighted by Crippen LogP contribution is -2.36. The van der Waals surface area contributed by atoms with E-state index in [0.717, 1.165) is 55.7 Å². The Morgan fingerprint density at radius 3 is 2.87 bits per heavy atom. The van der Waals surface area contributed by atoms with Crippen molar-refractivity contribution in [2.75, 3.05) is 37.7 Å². The average Bonchev–Trinajstić information content (AvgIpc) is 3.35. The Bertz CT molecular complexity index is 1010. The van der Waals surface area contributed by atoms with Gasteiger partial charge in [-0.05, 0) is 37.5 Å². The molecule has 1 N–H and O–H groups in total. The summed E-state index contributed by atoms with van der Waals surface area (Å²) in [4.78, 5) is 19.0. The van der Waals surface area contributed by atoms with Crippen molar-refractivity contribution in [1.82, 2.24) is 14.9 Å². The molecule has 0 bridgehead atoms. The number of carbonyl (C=O) groups is 1. The predicted octanol–water partition coefficient (Wildman–Crippen LogP) is 3.17. The van der Waals surface area contributed by atoms with Crippen LogP contribution in [0.15, 0.2) is 60.7 Å². The minimum atomic E-state index is -0.0704. The number of imidazole rings is 1. The molecule has 6 nitrogen and oxygen atoms in total. The number of nitrogens with one attached hydrogen (secondary N) is 1. The minimum absolute atomic E-state index is 0.0704. The van der Waals surface area contributed by atoms with E-state index in [4.69, 9.17) is 4.74 Å². The highest BCUT2D eigenvalue weighted by Crippen LogP contribution is 2.23. The summed E-state index contributed by atoms with van der Waals surface area (Å²) in [5.41, 5.74) is 3.62. The first kappa shape index (κ1) is 21.0. The van der Waals surface area contributed by atoms with Gasteiger partial charge in [-0.3, -0.25) is 4.79 Å². The second kappa shape index (κ2) is 10.6. The van der Waals surface area contributed by atoms with Crippen molar-refractivity contribution in [2.24, 2.45) is 0 Å². The SMILES string of the molecule is O=C(NCCCn1ccnc1)c1ccc(N2CCOCC2)c(C#CC2=CCCC=C2)c1. The van der Waals surface area contributed by atoms with Gasteiger partial charge in [0.25, 0.3) is 5.91 Å². The zero-order valence-electron chi connectivity index (χ0n) is 17.7. The summed E-state index contributed by atoms with van der Waals surface area (Å²) in [6, 6.07) is 5.82. The van der Waals surface area contributed by atoms with E-state index in [1.807, 2.05) is 29.0 Å². The third-order valence-corrected chi connectivity index (χ3v) is 5.38. The quantitative estimate of drug-likeness (QED) is 0.581. The molecule has 160 valence electrons. The van der Waals surface area contributed by atoms with E-state index in [9.17, 15) is 4.79 Å². The maximum absolute atomic E-state index is 12.7. The predicted molar refractivity (Wildman–Crippen MR) is 122 cm³/mol.